The van der Waals surface area contributed by atoms with Crippen LogP contribution in [0.3, 0.4) is 0 Å². The van der Waals surface area contributed by atoms with Crippen molar-refractivity contribution in [1.82, 2.24) is 0 Å². The Labute approximate surface area is 169 Å². The highest BCUT2D eigenvalue weighted by Gasteiger charge is 2.19. The number of hydrogen-bond donors (Lipinski definition) is 1. The molecule has 1 heterocycles. The normalized spacial score (nSPS) is 11.8. The summed E-state index contributed by atoms with van der Waals surface area (Å²) in [5.41, 5.74) is 2.71. The van der Waals surface area contributed by atoms with Gasteiger partial charge in [0.15, 0.2) is 6.20 Å². The molecule has 0 saturated heterocycles. The first-order chi connectivity index (χ1) is 13.3. The Bertz CT molecular complexity index is 1010. The van der Waals surface area contributed by atoms with Crippen LogP contribution in [0.2, 0.25) is 5.02 Å². The molecular formula is C21H24ClN3O3. The van der Waals surface area contributed by atoms with E-state index in [2.05, 4.69) is 0 Å². The van der Waals surface area contributed by atoms with Gasteiger partial charge in [-0.3, -0.25) is 0 Å². The predicted molar refractivity (Wildman–Crippen MR) is 113 cm³/mol. The summed E-state index contributed by atoms with van der Waals surface area (Å²) in [7, 11) is 1.88. The maximum Gasteiger partial charge on any atom is 0.227 e. The number of phenolic OH excluding ortho intramolecular Hbond substituents is 1. The van der Waals surface area contributed by atoms with E-state index < -0.39 is 4.65 Å². The zero-order valence-corrected chi connectivity index (χ0v) is 17.0. The summed E-state index contributed by atoms with van der Waals surface area (Å²) in [4.78, 5) is 1.93. The van der Waals surface area contributed by atoms with Gasteiger partial charge in [0.2, 0.25) is 5.52 Å². The molecule has 0 bridgehead atoms. The highest BCUT2D eigenvalue weighted by molar-refractivity contribution is 6.31. The molecular weight excluding hydrogens is 378 g/mol. The van der Waals surface area contributed by atoms with E-state index in [-0.39, 0.29) is 12.3 Å². The maximum absolute atomic E-state index is 12.7. The van der Waals surface area contributed by atoms with E-state index in [1.165, 1.54) is 6.20 Å². The molecule has 0 amide bonds. The standard InChI is InChI=1S/C21H24ClN3O3/c1-4-25(28,5-2)14-15-12-17(7-9-21(15)26)23(3)19-10-11-24(27)20-13-16(22)6-8-18(19)20/h6-13,26H,4-5,14H2,1-3H3. The van der Waals surface area contributed by atoms with Crippen molar-refractivity contribution in [2.75, 3.05) is 25.0 Å². The number of rotatable bonds is 6. The van der Waals surface area contributed by atoms with Crippen molar-refractivity contribution in [2.24, 2.45) is 0 Å². The largest absolute Gasteiger partial charge is 0.633 e. The summed E-state index contributed by atoms with van der Waals surface area (Å²) in [6, 6.07) is 12.1. The van der Waals surface area contributed by atoms with E-state index in [9.17, 15) is 15.5 Å². The van der Waals surface area contributed by atoms with Gasteiger partial charge in [-0.15, -0.1) is 0 Å². The van der Waals surface area contributed by atoms with Crippen LogP contribution in [0.15, 0.2) is 48.7 Å². The van der Waals surface area contributed by atoms with E-state index in [1.54, 1.807) is 30.3 Å². The Hall–Kier alpha value is -2.54. The Balaban J connectivity index is 2.04. The quantitative estimate of drug-likeness (QED) is 0.286. The molecule has 148 valence electrons. The van der Waals surface area contributed by atoms with E-state index in [4.69, 9.17) is 11.6 Å². The second-order valence-electron chi connectivity index (χ2n) is 6.91. The number of anilines is 2. The fourth-order valence-corrected chi connectivity index (χ4v) is 3.47. The van der Waals surface area contributed by atoms with Crippen LogP contribution in [-0.4, -0.2) is 29.9 Å². The van der Waals surface area contributed by atoms with Gasteiger partial charge >= 0.3 is 0 Å². The third-order valence-corrected chi connectivity index (χ3v) is 5.50. The number of fused-ring (bicyclic) bond motifs is 1. The second kappa shape index (κ2) is 7.83. The molecule has 28 heavy (non-hydrogen) atoms. The van der Waals surface area contributed by atoms with Gasteiger partial charge in [-0.1, -0.05) is 11.6 Å². The molecule has 0 radical (unpaired) electrons. The summed E-state index contributed by atoms with van der Waals surface area (Å²) < 4.78 is 0.385. The average Bonchev–Trinajstić information content (AvgIpc) is 2.69. The Morgan fingerprint density at radius 2 is 1.82 bits per heavy atom. The molecule has 0 spiro atoms. The lowest BCUT2D eigenvalue weighted by molar-refractivity contribution is -0.890. The molecule has 0 unspecified atom stereocenters. The first-order valence-electron chi connectivity index (χ1n) is 9.22. The van der Waals surface area contributed by atoms with Crippen LogP contribution in [0, 0.1) is 10.4 Å². The minimum atomic E-state index is -0.399. The Kier molecular flexibility index (Phi) is 5.65. The number of halogens is 1. The van der Waals surface area contributed by atoms with Crippen LogP contribution in [0.25, 0.3) is 10.9 Å². The zero-order chi connectivity index (χ0) is 20.5. The molecule has 0 aliphatic carbocycles. The molecule has 2 aromatic carbocycles. The minimum absolute atomic E-state index is 0.111. The van der Waals surface area contributed by atoms with Gasteiger partial charge in [-0.25, -0.2) is 0 Å². The Morgan fingerprint density at radius 3 is 2.50 bits per heavy atom. The minimum Gasteiger partial charge on any atom is -0.633 e. The molecule has 0 aliphatic heterocycles. The summed E-state index contributed by atoms with van der Waals surface area (Å²) in [5, 5.41) is 36.4. The average molecular weight is 402 g/mol. The smallest absolute Gasteiger partial charge is 0.227 e. The number of hydroxylamine groups is 3. The maximum atomic E-state index is 12.7. The number of benzene rings is 2. The first-order valence-corrected chi connectivity index (χ1v) is 9.60. The van der Waals surface area contributed by atoms with E-state index >= 15 is 0 Å². The van der Waals surface area contributed by atoms with E-state index in [1.807, 2.05) is 37.9 Å². The van der Waals surface area contributed by atoms with Crippen LogP contribution in [0.4, 0.5) is 11.4 Å². The third-order valence-electron chi connectivity index (χ3n) is 5.26. The van der Waals surface area contributed by atoms with Crippen molar-refractivity contribution in [3.05, 3.63) is 69.7 Å². The Morgan fingerprint density at radius 1 is 1.11 bits per heavy atom. The summed E-state index contributed by atoms with van der Waals surface area (Å²) in [5.74, 6) is 0.111. The van der Waals surface area contributed by atoms with Gasteiger partial charge in [0.25, 0.3) is 0 Å². The predicted octanol–water partition coefficient (Wildman–Crippen LogP) is 4.45. The number of aromatic hydroxyl groups is 1. The van der Waals surface area contributed by atoms with Crippen molar-refractivity contribution < 1.29 is 14.5 Å². The fraction of sp³-hybridized carbons (Fsp3) is 0.286. The number of pyridine rings is 1. The molecule has 0 saturated carbocycles. The molecule has 0 atom stereocenters. The van der Waals surface area contributed by atoms with Crippen molar-refractivity contribution in [3.63, 3.8) is 0 Å². The number of nitrogens with zero attached hydrogens (tertiary/aromatic N) is 3. The second-order valence-corrected chi connectivity index (χ2v) is 7.35. The SMILES string of the molecule is CC[N+]([O-])(CC)Cc1cc(N(C)c2cc[n+]([O-])c3cc(Cl)ccc23)ccc1O. The number of quaternary nitrogens is 1. The molecule has 7 heteroatoms. The van der Waals surface area contributed by atoms with Gasteiger partial charge < -0.3 is 25.1 Å². The van der Waals surface area contributed by atoms with E-state index in [0.29, 0.717) is 29.2 Å². The molecule has 3 rings (SSSR count). The summed E-state index contributed by atoms with van der Waals surface area (Å²) in [6.45, 7) is 4.77. The van der Waals surface area contributed by atoms with Crippen LogP contribution < -0.4 is 9.63 Å². The number of phenols is 1. The highest BCUT2D eigenvalue weighted by atomic mass is 35.5. The first kappa shape index (κ1) is 20.2. The van der Waals surface area contributed by atoms with Crippen LogP contribution >= 0.6 is 11.6 Å². The number of aromatic nitrogens is 1. The van der Waals surface area contributed by atoms with Gasteiger partial charge in [0.1, 0.15) is 12.3 Å². The van der Waals surface area contributed by atoms with Gasteiger partial charge in [0, 0.05) is 29.9 Å². The van der Waals surface area contributed by atoms with Gasteiger partial charge in [-0.2, -0.15) is 4.73 Å². The molecule has 0 aliphatic rings. The summed E-state index contributed by atoms with van der Waals surface area (Å²) >= 11 is 6.04. The lowest BCUT2D eigenvalue weighted by Crippen LogP contribution is -2.40. The van der Waals surface area contributed by atoms with Crippen molar-refractivity contribution in [3.8, 4) is 5.75 Å². The van der Waals surface area contributed by atoms with Gasteiger partial charge in [0.05, 0.1) is 29.7 Å². The summed E-state index contributed by atoms with van der Waals surface area (Å²) in [6.07, 6.45) is 1.44. The lowest BCUT2D eigenvalue weighted by Gasteiger charge is -2.41. The molecule has 0 fully saturated rings. The zero-order valence-electron chi connectivity index (χ0n) is 16.2. The van der Waals surface area contributed by atoms with E-state index in [0.717, 1.165) is 21.5 Å². The van der Waals surface area contributed by atoms with Crippen LogP contribution in [0.5, 0.6) is 5.75 Å². The topological polar surface area (TPSA) is 73.5 Å². The fourth-order valence-electron chi connectivity index (χ4n) is 3.31. The third kappa shape index (κ3) is 3.85. The molecule has 6 nitrogen and oxygen atoms in total. The van der Waals surface area contributed by atoms with Crippen molar-refractivity contribution in [2.45, 2.75) is 20.4 Å². The monoisotopic (exact) mass is 401 g/mol. The van der Waals surface area contributed by atoms with Crippen molar-refractivity contribution >= 4 is 33.9 Å². The molecule has 3 aromatic rings. The molecule has 1 aromatic heterocycles. The van der Waals surface area contributed by atoms with Crippen molar-refractivity contribution in [1.29, 1.82) is 0 Å². The van der Waals surface area contributed by atoms with Crippen LogP contribution in [0.1, 0.15) is 19.4 Å². The lowest BCUT2D eigenvalue weighted by atomic mass is 10.1. The van der Waals surface area contributed by atoms with Gasteiger partial charge in [-0.05, 0) is 44.2 Å². The highest BCUT2D eigenvalue weighted by Crippen LogP contribution is 2.33. The number of hydrogen-bond acceptors (Lipinski definition) is 4. The molecule has 1 N–H and O–H groups in total. The van der Waals surface area contributed by atoms with Crippen LogP contribution in [-0.2, 0) is 6.54 Å².